The van der Waals surface area contributed by atoms with Gasteiger partial charge in [0, 0.05) is 24.9 Å². The maximum absolute atomic E-state index is 9.47. The minimum atomic E-state index is 0.305. The molecule has 1 aromatic carbocycles. The van der Waals surface area contributed by atoms with Crippen LogP contribution in [0.15, 0.2) is 18.2 Å². The zero-order valence-corrected chi connectivity index (χ0v) is 13.0. The molecule has 0 radical (unpaired) electrons. The van der Waals surface area contributed by atoms with Crippen molar-refractivity contribution >= 4 is 11.4 Å². The third kappa shape index (κ3) is 4.53. The van der Waals surface area contributed by atoms with Crippen molar-refractivity contribution in [2.24, 2.45) is 11.8 Å². The minimum Gasteiger partial charge on any atom is -0.491 e. The molecule has 0 heterocycles. The lowest BCUT2D eigenvalue weighted by Gasteiger charge is -2.30. The largest absolute Gasteiger partial charge is 0.491 e. The van der Waals surface area contributed by atoms with Crippen LogP contribution in [0.25, 0.3) is 0 Å². The Bertz CT molecular complexity index is 437. The Morgan fingerprint density at radius 2 is 2.05 bits per heavy atom. The lowest BCUT2D eigenvalue weighted by atomic mass is 9.79. The predicted octanol–water partition coefficient (Wildman–Crippen LogP) is 3.27. The zero-order valence-electron chi connectivity index (χ0n) is 13.0. The summed E-state index contributed by atoms with van der Waals surface area (Å²) in [6, 6.07) is 5.85. The second-order valence-corrected chi connectivity index (χ2v) is 5.97. The lowest BCUT2D eigenvalue weighted by Crippen LogP contribution is -2.28. The molecule has 0 aromatic heterocycles. The summed E-state index contributed by atoms with van der Waals surface area (Å²) < 4.78 is 5.66. The maximum Gasteiger partial charge on any atom is 0.144 e. The highest BCUT2D eigenvalue weighted by Crippen LogP contribution is 2.31. The van der Waals surface area contributed by atoms with Gasteiger partial charge in [0.1, 0.15) is 5.75 Å². The first-order valence-corrected chi connectivity index (χ1v) is 8.11. The van der Waals surface area contributed by atoms with Crippen molar-refractivity contribution in [3.63, 3.8) is 0 Å². The topological polar surface area (TPSA) is 67.5 Å². The van der Waals surface area contributed by atoms with E-state index in [2.05, 4.69) is 12.2 Å². The van der Waals surface area contributed by atoms with E-state index < -0.39 is 0 Å². The number of aliphatic hydroxyl groups is 1. The highest BCUT2D eigenvalue weighted by molar-refractivity contribution is 5.61. The fourth-order valence-electron chi connectivity index (χ4n) is 3.02. The van der Waals surface area contributed by atoms with E-state index in [0.29, 0.717) is 30.7 Å². The number of nitrogen functional groups attached to an aromatic ring is 1. The lowest BCUT2D eigenvalue weighted by molar-refractivity contribution is 0.141. The monoisotopic (exact) mass is 292 g/mol. The molecule has 0 aliphatic heterocycles. The van der Waals surface area contributed by atoms with Crippen molar-refractivity contribution < 1.29 is 9.84 Å². The molecule has 1 fully saturated rings. The molecule has 1 saturated carbocycles. The molecule has 2 unspecified atom stereocenters. The fraction of sp³-hybridized carbons (Fsp3) is 0.647. The molecule has 118 valence electrons. The number of ether oxygens (including phenoxy) is 1. The summed E-state index contributed by atoms with van der Waals surface area (Å²) in [6.07, 6.45) is 5.84. The molecular weight excluding hydrogens is 264 g/mol. The van der Waals surface area contributed by atoms with Crippen LogP contribution in [0.2, 0.25) is 0 Å². The van der Waals surface area contributed by atoms with Crippen molar-refractivity contribution in [3.05, 3.63) is 18.2 Å². The Morgan fingerprint density at radius 3 is 2.76 bits per heavy atom. The van der Waals surface area contributed by atoms with Crippen molar-refractivity contribution in [2.45, 2.75) is 39.0 Å². The number of aliphatic hydroxyl groups excluding tert-OH is 1. The van der Waals surface area contributed by atoms with Crippen LogP contribution in [0.3, 0.4) is 0 Å². The Labute approximate surface area is 127 Å². The molecule has 2 rings (SSSR count). The molecule has 21 heavy (non-hydrogen) atoms. The number of benzene rings is 1. The quantitative estimate of drug-likeness (QED) is 0.675. The number of rotatable bonds is 7. The standard InChI is InChI=1S/C17H28N2O2/c1-2-9-21-17-10-15(7-8-16(17)18)19-11-13-5-3-4-6-14(13)12-20/h7-8,10,13-14,19-20H,2-6,9,11-12,18H2,1H3. The second-order valence-electron chi connectivity index (χ2n) is 5.97. The van der Waals surface area contributed by atoms with Crippen LogP contribution >= 0.6 is 0 Å². The Hall–Kier alpha value is -1.42. The molecule has 0 saturated heterocycles. The van der Waals surface area contributed by atoms with Crippen molar-refractivity contribution in [3.8, 4) is 5.75 Å². The third-order valence-corrected chi connectivity index (χ3v) is 4.34. The SMILES string of the molecule is CCCOc1cc(NCC2CCCCC2CO)ccc1N. The maximum atomic E-state index is 9.47. The number of hydrogen-bond donors (Lipinski definition) is 3. The van der Waals surface area contributed by atoms with E-state index in [1.165, 1.54) is 19.3 Å². The van der Waals surface area contributed by atoms with E-state index in [9.17, 15) is 5.11 Å². The Balaban J connectivity index is 1.92. The third-order valence-electron chi connectivity index (χ3n) is 4.34. The summed E-state index contributed by atoms with van der Waals surface area (Å²) in [5, 5.41) is 12.9. The van der Waals surface area contributed by atoms with Gasteiger partial charge < -0.3 is 20.9 Å². The normalized spacial score (nSPS) is 22.0. The first kappa shape index (κ1) is 16.0. The van der Waals surface area contributed by atoms with E-state index in [-0.39, 0.29) is 0 Å². The van der Waals surface area contributed by atoms with Gasteiger partial charge in [0.25, 0.3) is 0 Å². The molecule has 4 N–H and O–H groups in total. The van der Waals surface area contributed by atoms with Crippen molar-refractivity contribution in [1.82, 2.24) is 0 Å². The van der Waals surface area contributed by atoms with Crippen LogP contribution in [-0.4, -0.2) is 24.9 Å². The minimum absolute atomic E-state index is 0.305. The van der Waals surface area contributed by atoms with E-state index in [1.807, 2.05) is 18.2 Å². The van der Waals surface area contributed by atoms with E-state index >= 15 is 0 Å². The zero-order chi connectivity index (χ0) is 15.1. The van der Waals surface area contributed by atoms with Crippen LogP contribution in [0, 0.1) is 11.8 Å². The number of hydrogen-bond acceptors (Lipinski definition) is 4. The summed E-state index contributed by atoms with van der Waals surface area (Å²) in [7, 11) is 0. The fourth-order valence-corrected chi connectivity index (χ4v) is 3.02. The number of nitrogens with one attached hydrogen (secondary N) is 1. The number of anilines is 2. The molecule has 0 amide bonds. The molecule has 1 aliphatic carbocycles. The van der Waals surface area contributed by atoms with Crippen molar-refractivity contribution in [1.29, 1.82) is 0 Å². The highest BCUT2D eigenvalue weighted by Gasteiger charge is 2.24. The first-order valence-electron chi connectivity index (χ1n) is 8.11. The van der Waals surface area contributed by atoms with Crippen molar-refractivity contribution in [2.75, 3.05) is 30.8 Å². The average molecular weight is 292 g/mol. The molecule has 4 nitrogen and oxygen atoms in total. The van der Waals surface area contributed by atoms with Gasteiger partial charge in [0.15, 0.2) is 0 Å². The molecule has 4 heteroatoms. The predicted molar refractivity (Wildman–Crippen MR) is 87.7 cm³/mol. The summed E-state index contributed by atoms with van der Waals surface area (Å²) in [5.41, 5.74) is 7.65. The van der Waals surface area contributed by atoms with Gasteiger partial charge >= 0.3 is 0 Å². The smallest absolute Gasteiger partial charge is 0.144 e. The highest BCUT2D eigenvalue weighted by atomic mass is 16.5. The van der Waals surface area contributed by atoms with Crippen LogP contribution in [0.5, 0.6) is 5.75 Å². The first-order chi connectivity index (χ1) is 10.2. The molecule has 0 bridgehead atoms. The van der Waals surface area contributed by atoms with E-state index in [4.69, 9.17) is 10.5 Å². The summed E-state index contributed by atoms with van der Waals surface area (Å²) in [5.74, 6) is 1.75. The molecule has 1 aromatic rings. The molecular formula is C17H28N2O2. The molecule has 2 atom stereocenters. The van der Waals surface area contributed by atoms with Gasteiger partial charge in [-0.05, 0) is 43.2 Å². The summed E-state index contributed by atoms with van der Waals surface area (Å²) in [6.45, 7) is 3.97. The van der Waals surface area contributed by atoms with Crippen LogP contribution in [-0.2, 0) is 0 Å². The molecule has 0 spiro atoms. The average Bonchev–Trinajstić information content (AvgIpc) is 2.53. The molecule has 1 aliphatic rings. The van der Waals surface area contributed by atoms with Gasteiger partial charge in [-0.1, -0.05) is 19.8 Å². The van der Waals surface area contributed by atoms with E-state index in [0.717, 1.165) is 30.8 Å². The summed E-state index contributed by atoms with van der Waals surface area (Å²) in [4.78, 5) is 0. The Morgan fingerprint density at radius 1 is 1.29 bits per heavy atom. The van der Waals surface area contributed by atoms with Gasteiger partial charge in [0.05, 0.1) is 12.3 Å². The van der Waals surface area contributed by atoms with Gasteiger partial charge in [-0.25, -0.2) is 0 Å². The van der Waals surface area contributed by atoms with E-state index in [1.54, 1.807) is 0 Å². The van der Waals surface area contributed by atoms with Crippen LogP contribution < -0.4 is 15.8 Å². The van der Waals surface area contributed by atoms with Gasteiger partial charge in [0.2, 0.25) is 0 Å². The van der Waals surface area contributed by atoms with Gasteiger partial charge in [-0.3, -0.25) is 0 Å². The second kappa shape index (κ2) is 8.13. The summed E-state index contributed by atoms with van der Waals surface area (Å²) >= 11 is 0. The van der Waals surface area contributed by atoms with Gasteiger partial charge in [-0.15, -0.1) is 0 Å². The number of nitrogens with two attached hydrogens (primary N) is 1. The van der Waals surface area contributed by atoms with Crippen LogP contribution in [0.4, 0.5) is 11.4 Å². The van der Waals surface area contributed by atoms with Crippen LogP contribution in [0.1, 0.15) is 39.0 Å². The Kier molecular flexibility index (Phi) is 6.18. The van der Waals surface area contributed by atoms with Gasteiger partial charge in [-0.2, -0.15) is 0 Å².